The van der Waals surface area contributed by atoms with Gasteiger partial charge in [0.15, 0.2) is 10.8 Å². The predicted molar refractivity (Wildman–Crippen MR) is 105 cm³/mol. The van der Waals surface area contributed by atoms with E-state index in [1.54, 1.807) is 29.4 Å². The average Bonchev–Trinajstić information content (AvgIpc) is 3.26. The van der Waals surface area contributed by atoms with Gasteiger partial charge in [-0.1, -0.05) is 12.1 Å². The Morgan fingerprint density at radius 3 is 2.96 bits per heavy atom. The number of thiazole rings is 1. The van der Waals surface area contributed by atoms with Crippen LogP contribution in [-0.2, 0) is 10.5 Å². The van der Waals surface area contributed by atoms with Crippen molar-refractivity contribution in [1.29, 1.82) is 0 Å². The minimum Gasteiger partial charge on any atom is -0.462 e. The van der Waals surface area contributed by atoms with Crippen LogP contribution in [-0.4, -0.2) is 16.1 Å². The third-order valence-corrected chi connectivity index (χ3v) is 5.87. The Hall–Kier alpha value is -2.05. The molecular formula is C19H20N2O2S2. The Bertz CT molecular complexity index is 856. The monoisotopic (exact) mass is 372 g/mol. The van der Waals surface area contributed by atoms with Gasteiger partial charge in [0, 0.05) is 16.8 Å². The lowest BCUT2D eigenvalue weighted by Crippen LogP contribution is -2.23. The van der Waals surface area contributed by atoms with Gasteiger partial charge in [-0.2, -0.15) is 0 Å². The molecule has 1 aromatic carbocycles. The highest BCUT2D eigenvalue weighted by Gasteiger charge is 2.16. The first-order valence-corrected chi connectivity index (χ1v) is 9.94. The molecule has 3 rings (SSSR count). The summed E-state index contributed by atoms with van der Waals surface area (Å²) in [5.41, 5.74) is 4.05. The third-order valence-electron chi connectivity index (χ3n) is 3.79. The first kappa shape index (κ1) is 17.8. The topological polar surface area (TPSA) is 55.1 Å². The number of nitrogens with one attached hydrogen (secondary N) is 1. The van der Waals surface area contributed by atoms with Crippen molar-refractivity contribution < 1.29 is 9.21 Å². The van der Waals surface area contributed by atoms with Crippen LogP contribution >= 0.6 is 23.1 Å². The summed E-state index contributed by atoms with van der Waals surface area (Å²) in [5.74, 6) is 1.49. The lowest BCUT2D eigenvalue weighted by Gasteiger charge is -2.13. The molecule has 0 aliphatic heterocycles. The Labute approximate surface area is 155 Å². The van der Waals surface area contributed by atoms with E-state index >= 15 is 0 Å². The minimum absolute atomic E-state index is 0.0141. The van der Waals surface area contributed by atoms with E-state index in [0.717, 1.165) is 33.3 Å². The summed E-state index contributed by atoms with van der Waals surface area (Å²) >= 11 is 3.13. The van der Waals surface area contributed by atoms with Gasteiger partial charge in [0.05, 0.1) is 17.2 Å². The molecule has 25 heavy (non-hydrogen) atoms. The van der Waals surface area contributed by atoms with Crippen LogP contribution < -0.4 is 5.32 Å². The molecule has 0 saturated carbocycles. The van der Waals surface area contributed by atoms with Crippen molar-refractivity contribution in [3.05, 3.63) is 58.8 Å². The number of amides is 1. The molecule has 0 fully saturated rings. The van der Waals surface area contributed by atoms with Crippen LogP contribution in [0.2, 0.25) is 0 Å². The summed E-state index contributed by atoms with van der Waals surface area (Å²) in [6, 6.07) is 9.82. The van der Waals surface area contributed by atoms with Crippen LogP contribution in [0.4, 0.5) is 5.69 Å². The number of aromatic nitrogens is 1. The molecule has 3 aromatic rings. The van der Waals surface area contributed by atoms with Crippen molar-refractivity contribution in [3.63, 3.8) is 0 Å². The number of hydrogen-bond donors (Lipinski definition) is 1. The minimum atomic E-state index is -0.159. The summed E-state index contributed by atoms with van der Waals surface area (Å²) in [7, 11) is 0. The number of furan rings is 1. The number of benzene rings is 1. The summed E-state index contributed by atoms with van der Waals surface area (Å²) in [6.07, 6.45) is 1.64. The lowest BCUT2D eigenvalue weighted by molar-refractivity contribution is -0.115. The van der Waals surface area contributed by atoms with Crippen LogP contribution in [0.25, 0.3) is 10.8 Å². The average molecular weight is 373 g/mol. The number of thioether (sulfide) groups is 1. The maximum absolute atomic E-state index is 12.4. The van der Waals surface area contributed by atoms with E-state index in [9.17, 15) is 4.79 Å². The zero-order valence-corrected chi connectivity index (χ0v) is 16.0. The molecule has 0 spiro atoms. The van der Waals surface area contributed by atoms with Gasteiger partial charge >= 0.3 is 0 Å². The molecule has 0 aliphatic carbocycles. The van der Waals surface area contributed by atoms with Gasteiger partial charge in [0.25, 0.3) is 0 Å². The molecule has 2 heterocycles. The van der Waals surface area contributed by atoms with E-state index in [0.29, 0.717) is 5.75 Å². The molecule has 6 heteroatoms. The zero-order chi connectivity index (χ0) is 17.8. The second-order valence-corrected chi connectivity index (χ2v) is 8.07. The summed E-state index contributed by atoms with van der Waals surface area (Å²) in [4.78, 5) is 17.0. The van der Waals surface area contributed by atoms with Gasteiger partial charge in [-0.25, -0.2) is 4.98 Å². The number of hydrogen-bond acceptors (Lipinski definition) is 5. The second-order valence-electron chi connectivity index (χ2n) is 5.88. The van der Waals surface area contributed by atoms with E-state index in [1.807, 2.05) is 56.5 Å². The van der Waals surface area contributed by atoms with Crippen LogP contribution in [0.5, 0.6) is 0 Å². The van der Waals surface area contributed by atoms with Gasteiger partial charge in [0.2, 0.25) is 5.91 Å². The van der Waals surface area contributed by atoms with E-state index in [1.165, 1.54) is 0 Å². The molecule has 0 saturated heterocycles. The summed E-state index contributed by atoms with van der Waals surface area (Å²) in [5, 5.41) is 5.75. The SMILES string of the molecule is Cc1ccc(C)c(NC(=O)C(C)SCc2csc(-c3ccco3)n2)c1. The Balaban J connectivity index is 1.56. The predicted octanol–water partition coefficient (Wildman–Crippen LogP) is 5.28. The van der Waals surface area contributed by atoms with Crippen molar-refractivity contribution in [2.75, 3.05) is 5.32 Å². The Kier molecular flexibility index (Phi) is 5.60. The van der Waals surface area contributed by atoms with Crippen molar-refractivity contribution in [2.45, 2.75) is 31.8 Å². The van der Waals surface area contributed by atoms with Crippen molar-refractivity contribution in [1.82, 2.24) is 4.98 Å². The number of carbonyl (C=O) groups excluding carboxylic acids is 1. The maximum Gasteiger partial charge on any atom is 0.237 e. The molecule has 0 radical (unpaired) electrons. The maximum atomic E-state index is 12.4. The van der Waals surface area contributed by atoms with Gasteiger partial charge in [-0.3, -0.25) is 4.79 Å². The Morgan fingerprint density at radius 1 is 1.36 bits per heavy atom. The van der Waals surface area contributed by atoms with Crippen LogP contribution in [0.3, 0.4) is 0 Å². The largest absolute Gasteiger partial charge is 0.462 e. The number of aryl methyl sites for hydroxylation is 2. The molecule has 1 amide bonds. The van der Waals surface area contributed by atoms with Crippen LogP contribution in [0.1, 0.15) is 23.7 Å². The fourth-order valence-corrected chi connectivity index (χ4v) is 3.95. The van der Waals surface area contributed by atoms with Crippen LogP contribution in [0, 0.1) is 13.8 Å². The smallest absolute Gasteiger partial charge is 0.237 e. The number of anilines is 1. The summed E-state index contributed by atoms with van der Waals surface area (Å²) in [6.45, 7) is 5.94. The molecule has 130 valence electrons. The highest BCUT2D eigenvalue weighted by atomic mass is 32.2. The van der Waals surface area contributed by atoms with E-state index in [4.69, 9.17) is 4.42 Å². The second kappa shape index (κ2) is 7.89. The normalized spacial score (nSPS) is 12.1. The molecule has 2 aromatic heterocycles. The van der Waals surface area contributed by atoms with Gasteiger partial charge in [-0.15, -0.1) is 23.1 Å². The van der Waals surface area contributed by atoms with Crippen molar-refractivity contribution in [3.8, 4) is 10.8 Å². The van der Waals surface area contributed by atoms with Gasteiger partial charge < -0.3 is 9.73 Å². The van der Waals surface area contributed by atoms with Gasteiger partial charge in [0.1, 0.15) is 0 Å². The number of nitrogens with zero attached hydrogens (tertiary/aromatic N) is 1. The third kappa shape index (κ3) is 4.52. The highest BCUT2D eigenvalue weighted by molar-refractivity contribution is 7.99. The molecule has 1 atom stereocenters. The fourth-order valence-electron chi connectivity index (χ4n) is 2.28. The molecular weight excluding hydrogens is 352 g/mol. The lowest BCUT2D eigenvalue weighted by atomic mass is 10.1. The molecule has 1 N–H and O–H groups in total. The molecule has 0 aliphatic rings. The highest BCUT2D eigenvalue weighted by Crippen LogP contribution is 2.27. The quantitative estimate of drug-likeness (QED) is 0.639. The zero-order valence-electron chi connectivity index (χ0n) is 14.4. The Morgan fingerprint density at radius 2 is 2.20 bits per heavy atom. The van der Waals surface area contributed by atoms with Crippen LogP contribution in [0.15, 0.2) is 46.4 Å². The van der Waals surface area contributed by atoms with E-state index in [-0.39, 0.29) is 11.2 Å². The fraction of sp³-hybridized carbons (Fsp3) is 0.263. The first-order valence-electron chi connectivity index (χ1n) is 8.01. The van der Waals surface area contributed by atoms with Crippen molar-refractivity contribution in [2.24, 2.45) is 0 Å². The molecule has 1 unspecified atom stereocenters. The van der Waals surface area contributed by atoms with E-state index in [2.05, 4.69) is 10.3 Å². The first-order chi connectivity index (χ1) is 12.0. The molecule has 0 bridgehead atoms. The number of carbonyl (C=O) groups is 1. The molecule has 4 nitrogen and oxygen atoms in total. The van der Waals surface area contributed by atoms with Gasteiger partial charge in [-0.05, 0) is 50.1 Å². The van der Waals surface area contributed by atoms with E-state index < -0.39 is 0 Å². The standard InChI is InChI=1S/C19H20N2O2S2/c1-12-6-7-13(2)16(9-12)21-18(22)14(3)24-10-15-11-25-19(20-15)17-5-4-8-23-17/h4-9,11,14H,10H2,1-3H3,(H,21,22). The van der Waals surface area contributed by atoms with Crippen molar-refractivity contribution >= 4 is 34.7 Å². The summed E-state index contributed by atoms with van der Waals surface area (Å²) < 4.78 is 5.36. The number of rotatable bonds is 6.